The number of carbonyl (C=O) groups excluding carboxylic acids is 3. The molecular formula is C23H25N3O4. The number of aryl methyl sites for hydroxylation is 1. The number of hydrogen-bond acceptors (Lipinski definition) is 5. The van der Waals surface area contributed by atoms with Gasteiger partial charge in [-0.3, -0.25) is 14.9 Å². The molecule has 0 saturated carbocycles. The van der Waals surface area contributed by atoms with Crippen molar-refractivity contribution in [3.63, 3.8) is 0 Å². The summed E-state index contributed by atoms with van der Waals surface area (Å²) < 4.78 is 5.49. The van der Waals surface area contributed by atoms with Crippen molar-refractivity contribution in [2.24, 2.45) is 0 Å². The van der Waals surface area contributed by atoms with Gasteiger partial charge in [-0.05, 0) is 50.6 Å². The van der Waals surface area contributed by atoms with Crippen LogP contribution in [0.25, 0.3) is 6.08 Å². The van der Waals surface area contributed by atoms with Gasteiger partial charge in [0.1, 0.15) is 11.3 Å². The van der Waals surface area contributed by atoms with E-state index >= 15 is 0 Å². The van der Waals surface area contributed by atoms with Crippen molar-refractivity contribution in [3.8, 4) is 5.75 Å². The number of amides is 4. The van der Waals surface area contributed by atoms with Gasteiger partial charge in [0.2, 0.25) is 0 Å². The minimum atomic E-state index is -0.764. The molecule has 0 aliphatic carbocycles. The summed E-state index contributed by atoms with van der Waals surface area (Å²) in [5.74, 6) is -0.871. The average Bonchev–Trinajstić information content (AvgIpc) is 2.73. The van der Waals surface area contributed by atoms with E-state index < -0.39 is 17.8 Å². The van der Waals surface area contributed by atoms with Gasteiger partial charge in [-0.2, -0.15) is 0 Å². The highest BCUT2D eigenvalue weighted by atomic mass is 16.5. The van der Waals surface area contributed by atoms with Crippen LogP contribution in [0.15, 0.2) is 48.0 Å². The molecule has 2 aromatic carbocycles. The molecule has 4 amide bonds. The fourth-order valence-corrected chi connectivity index (χ4v) is 3.45. The third kappa shape index (κ3) is 3.91. The molecule has 7 heteroatoms. The Morgan fingerprint density at radius 3 is 2.40 bits per heavy atom. The van der Waals surface area contributed by atoms with Crippen molar-refractivity contribution < 1.29 is 19.1 Å². The molecule has 1 saturated heterocycles. The van der Waals surface area contributed by atoms with E-state index in [2.05, 4.69) is 24.1 Å². The maximum atomic E-state index is 13.1. The van der Waals surface area contributed by atoms with Crippen LogP contribution in [-0.2, 0) is 9.59 Å². The first-order valence-electron chi connectivity index (χ1n) is 9.81. The van der Waals surface area contributed by atoms with Crippen molar-refractivity contribution in [3.05, 3.63) is 59.2 Å². The molecule has 0 atom stereocenters. The Labute approximate surface area is 175 Å². The summed E-state index contributed by atoms with van der Waals surface area (Å²) in [5, 5.41) is 2.25. The highest BCUT2D eigenvalue weighted by molar-refractivity contribution is 6.39. The second kappa shape index (κ2) is 8.82. The number of imide groups is 2. The molecule has 3 rings (SSSR count). The summed E-state index contributed by atoms with van der Waals surface area (Å²) in [6.07, 6.45) is 1.46. The Bertz CT molecular complexity index is 1020. The van der Waals surface area contributed by atoms with Crippen molar-refractivity contribution in [2.75, 3.05) is 30.0 Å². The molecule has 1 heterocycles. The Hall–Kier alpha value is -3.61. The van der Waals surface area contributed by atoms with Gasteiger partial charge in [0.25, 0.3) is 11.8 Å². The van der Waals surface area contributed by atoms with Crippen LogP contribution >= 0.6 is 0 Å². The zero-order valence-electron chi connectivity index (χ0n) is 17.6. The molecule has 7 nitrogen and oxygen atoms in total. The summed E-state index contributed by atoms with van der Waals surface area (Å²) in [6.45, 7) is 7.61. The molecule has 0 radical (unpaired) electrons. The van der Waals surface area contributed by atoms with Crippen molar-refractivity contribution in [1.29, 1.82) is 0 Å². The summed E-state index contributed by atoms with van der Waals surface area (Å²) in [6, 6.07) is 11.8. The number of rotatable bonds is 6. The molecule has 156 valence electrons. The highest BCUT2D eigenvalue weighted by Crippen LogP contribution is 2.30. The van der Waals surface area contributed by atoms with Crippen LogP contribution in [0.3, 0.4) is 0 Å². The first kappa shape index (κ1) is 21.1. The van der Waals surface area contributed by atoms with E-state index in [0.717, 1.165) is 29.2 Å². The van der Waals surface area contributed by atoms with Crippen molar-refractivity contribution in [2.45, 2.75) is 20.8 Å². The van der Waals surface area contributed by atoms with Crippen LogP contribution in [-0.4, -0.2) is 38.0 Å². The van der Waals surface area contributed by atoms with Gasteiger partial charge in [-0.15, -0.1) is 0 Å². The first-order chi connectivity index (χ1) is 14.4. The lowest BCUT2D eigenvalue weighted by molar-refractivity contribution is -0.122. The molecule has 1 aliphatic rings. The predicted octanol–water partition coefficient (Wildman–Crippen LogP) is 3.52. The number of para-hydroxylation sites is 1. The fraction of sp³-hybridized carbons (Fsp3) is 0.261. The number of urea groups is 1. The highest BCUT2D eigenvalue weighted by Gasteiger charge is 2.37. The monoisotopic (exact) mass is 407 g/mol. The summed E-state index contributed by atoms with van der Waals surface area (Å²) in [7, 11) is 1.54. The number of carbonyl (C=O) groups is 3. The molecule has 0 spiro atoms. The summed E-state index contributed by atoms with van der Waals surface area (Å²) >= 11 is 0. The van der Waals surface area contributed by atoms with Crippen LogP contribution in [0.1, 0.15) is 25.0 Å². The number of hydrogen-bond donors (Lipinski definition) is 1. The molecular weight excluding hydrogens is 382 g/mol. The van der Waals surface area contributed by atoms with E-state index in [-0.39, 0.29) is 5.57 Å². The summed E-state index contributed by atoms with van der Waals surface area (Å²) in [4.78, 5) is 41.1. The largest absolute Gasteiger partial charge is 0.496 e. The Kier molecular flexibility index (Phi) is 6.20. The van der Waals surface area contributed by atoms with Gasteiger partial charge in [0, 0.05) is 30.4 Å². The lowest BCUT2D eigenvalue weighted by Gasteiger charge is -2.27. The van der Waals surface area contributed by atoms with Crippen LogP contribution in [0.4, 0.5) is 16.2 Å². The number of nitrogens with one attached hydrogen (secondary N) is 1. The van der Waals surface area contributed by atoms with E-state index in [1.54, 1.807) is 31.2 Å². The minimum absolute atomic E-state index is 0.133. The Morgan fingerprint density at radius 1 is 1.07 bits per heavy atom. The third-order valence-electron chi connectivity index (χ3n) is 5.10. The molecule has 0 aromatic heterocycles. The minimum Gasteiger partial charge on any atom is -0.496 e. The average molecular weight is 407 g/mol. The molecule has 2 aromatic rings. The van der Waals surface area contributed by atoms with Gasteiger partial charge in [0.15, 0.2) is 0 Å². The molecule has 1 N–H and O–H groups in total. The van der Waals surface area contributed by atoms with Crippen molar-refractivity contribution in [1.82, 2.24) is 5.32 Å². The Balaban J connectivity index is 2.03. The zero-order valence-corrected chi connectivity index (χ0v) is 17.6. The van der Waals surface area contributed by atoms with E-state index in [0.29, 0.717) is 17.0 Å². The maximum Gasteiger partial charge on any atom is 0.335 e. The molecule has 0 bridgehead atoms. The quantitative estimate of drug-likeness (QED) is 0.586. The number of methoxy groups -OCH3 is 1. The first-order valence-corrected chi connectivity index (χ1v) is 9.81. The molecule has 1 aliphatic heterocycles. The van der Waals surface area contributed by atoms with E-state index in [1.165, 1.54) is 13.2 Å². The SMILES string of the molecule is CCN(CC)c1ccc(/C=C2\C(=O)NC(=O)N(c3ccccc3C)C2=O)c(OC)c1. The second-order valence-electron chi connectivity index (χ2n) is 6.84. The molecule has 1 fully saturated rings. The Morgan fingerprint density at radius 2 is 1.77 bits per heavy atom. The van der Waals surface area contributed by atoms with Gasteiger partial charge >= 0.3 is 6.03 Å². The van der Waals surface area contributed by atoms with Gasteiger partial charge in [-0.25, -0.2) is 9.69 Å². The second-order valence-corrected chi connectivity index (χ2v) is 6.84. The normalized spacial score (nSPS) is 15.4. The zero-order chi connectivity index (χ0) is 21.8. The number of nitrogens with zero attached hydrogens (tertiary/aromatic N) is 2. The number of anilines is 2. The van der Waals surface area contributed by atoms with Crippen LogP contribution in [0.5, 0.6) is 5.75 Å². The number of benzene rings is 2. The summed E-state index contributed by atoms with van der Waals surface area (Å²) in [5.41, 5.74) is 2.60. The maximum absolute atomic E-state index is 13.1. The van der Waals surface area contributed by atoms with E-state index in [1.807, 2.05) is 18.2 Å². The number of ether oxygens (including phenoxy) is 1. The van der Waals surface area contributed by atoms with Crippen molar-refractivity contribution >= 4 is 35.3 Å². The van der Waals surface area contributed by atoms with Crippen LogP contribution < -0.4 is 19.9 Å². The van der Waals surface area contributed by atoms with E-state index in [9.17, 15) is 14.4 Å². The lowest BCUT2D eigenvalue weighted by Crippen LogP contribution is -2.54. The molecule has 0 unspecified atom stereocenters. The van der Waals surface area contributed by atoms with Crippen LogP contribution in [0.2, 0.25) is 0 Å². The van der Waals surface area contributed by atoms with Gasteiger partial charge in [-0.1, -0.05) is 18.2 Å². The predicted molar refractivity (Wildman–Crippen MR) is 117 cm³/mol. The van der Waals surface area contributed by atoms with Gasteiger partial charge in [0.05, 0.1) is 12.8 Å². The fourth-order valence-electron chi connectivity index (χ4n) is 3.45. The topological polar surface area (TPSA) is 79.0 Å². The van der Waals surface area contributed by atoms with Gasteiger partial charge < -0.3 is 9.64 Å². The van der Waals surface area contributed by atoms with Crippen LogP contribution in [0, 0.1) is 6.92 Å². The number of barbiturate groups is 1. The lowest BCUT2D eigenvalue weighted by atomic mass is 10.0. The molecule has 30 heavy (non-hydrogen) atoms. The standard InChI is InChI=1S/C23H25N3O4/c1-5-25(6-2)17-12-11-16(20(14-17)30-4)13-18-21(27)24-23(29)26(22(18)28)19-10-8-7-9-15(19)3/h7-14H,5-6H2,1-4H3,(H,24,27,29)/b18-13+. The smallest absolute Gasteiger partial charge is 0.335 e. The van der Waals surface area contributed by atoms with E-state index in [4.69, 9.17) is 4.74 Å². The third-order valence-corrected chi connectivity index (χ3v) is 5.10.